The molecule has 24 heteroatoms. The summed E-state index contributed by atoms with van der Waals surface area (Å²) >= 11 is 0. The molecule has 19 rings (SSSR count). The molecule has 7 aromatic rings. The SMILES string of the molecule is C.COC(=O)C12CCC(C(=O)N3Cc4cccnc4Nc4ccccc43)(CC1)CC2.O=C(N1Cc2cccnc2Nc2ccccc21)C12CCC(c3nc(C(F)(F)F)no3)(CC1)CC2.O=C(O)C12CCC(C(=O)N3Cc4cccnc4Nc4ccccc43)(CC1)CC2.[Li+].[OH-]. The average Bonchev–Trinajstić information content (AvgIpc) is 1.14. The normalized spacial score (nSPS) is 26.1. The van der Waals surface area contributed by atoms with Gasteiger partial charge in [0, 0.05) is 56.9 Å². The summed E-state index contributed by atoms with van der Waals surface area (Å²) in [6, 6.07) is 35.0. The Hall–Kier alpha value is -8.65. The molecule has 94 heavy (non-hydrogen) atoms. The summed E-state index contributed by atoms with van der Waals surface area (Å²) in [6.07, 6.45) is 12.1. The van der Waals surface area contributed by atoms with Crippen molar-refractivity contribution < 1.29 is 75.8 Å². The number of carbonyl (C=O) groups excluding carboxylic acids is 4. The number of halogens is 3. The van der Waals surface area contributed by atoms with Crippen LogP contribution in [-0.4, -0.2) is 72.4 Å². The van der Waals surface area contributed by atoms with Crippen LogP contribution in [0.3, 0.4) is 0 Å². The second-order valence-corrected chi connectivity index (χ2v) is 26.5. The molecule has 9 saturated carbocycles. The van der Waals surface area contributed by atoms with Crippen molar-refractivity contribution in [2.24, 2.45) is 27.1 Å². The van der Waals surface area contributed by atoms with Crippen LogP contribution in [0.5, 0.6) is 0 Å². The van der Waals surface area contributed by atoms with Crippen LogP contribution in [0.25, 0.3) is 0 Å². The van der Waals surface area contributed by atoms with E-state index in [0.717, 1.165) is 107 Å². The van der Waals surface area contributed by atoms with Gasteiger partial charge in [-0.3, -0.25) is 24.0 Å². The molecule has 5 N–H and O–H groups in total. The average molecular weight is 1280 g/mol. The first-order valence-electron chi connectivity index (χ1n) is 31.5. The number of anilines is 9. The molecule has 0 saturated heterocycles. The summed E-state index contributed by atoms with van der Waals surface area (Å²) in [5, 5.41) is 22.9. The van der Waals surface area contributed by atoms with Crippen LogP contribution < -0.4 is 49.5 Å². The second-order valence-electron chi connectivity index (χ2n) is 26.5. The van der Waals surface area contributed by atoms with Crippen molar-refractivity contribution in [3.05, 3.63) is 156 Å². The van der Waals surface area contributed by atoms with E-state index >= 15 is 0 Å². The number of hydrogen-bond acceptors (Lipinski definition) is 16. The molecular formula is C70H75F3LiN11O9. The molecule has 0 unspecified atom stereocenters. The Bertz CT molecular complexity index is 3980. The zero-order chi connectivity index (χ0) is 63.0. The largest absolute Gasteiger partial charge is 1.00 e. The third kappa shape index (κ3) is 11.5. The van der Waals surface area contributed by atoms with E-state index in [4.69, 9.17) is 9.26 Å². The number of esters is 1. The number of aliphatic carboxylic acids is 1. The van der Waals surface area contributed by atoms with Crippen LogP contribution in [0.15, 0.2) is 132 Å². The Labute approximate surface area is 554 Å². The van der Waals surface area contributed by atoms with E-state index in [1.165, 1.54) is 7.11 Å². The monoisotopic (exact) mass is 1280 g/mol. The van der Waals surface area contributed by atoms with Crippen LogP contribution in [0.4, 0.5) is 64.7 Å². The standard InChI is InChI=1S/C24H22F3N5O2.C23H25N3O3.C22H23N3O3.CH4.Li.H2O/c25-24(26,27)19-30-20(34-31-19)22-7-10-23(11-8-22,12-9-22)21(33)32-14-15-4-3-13-28-18(15)29-16-5-1-2-6-17(16)32;1-29-21(28)23-11-8-22(9-12-23,10-13-23)20(27)26-15-16-5-4-14-24-19(16)25-17-6-2-3-7-18(17)26;26-19(21-7-10-22(11-8-21,12-9-21)20(27)28)25-14-15-4-3-13-23-18(15)24-16-5-1-2-6-17(16)25;;;/h1-6,13H,7-12,14H2,(H,28,29);2-7,14H,8-13,15H2,1H3,(H,24,25);1-6,13H,7-12,14H2,(H,23,24)(H,27,28);1H4;;1H2/q;;;;+1;/p-1. The number of fused-ring (bicyclic) bond motifs is 15. The summed E-state index contributed by atoms with van der Waals surface area (Å²) in [5.74, 6) is 0.643. The molecule has 3 aromatic carbocycles. The van der Waals surface area contributed by atoms with Crippen molar-refractivity contribution >= 4 is 81.2 Å². The van der Waals surface area contributed by atoms with Gasteiger partial charge in [-0.2, -0.15) is 18.2 Å². The Balaban J connectivity index is 0.000000142. The van der Waals surface area contributed by atoms with Crippen LogP contribution in [-0.2, 0) is 59.9 Å². The summed E-state index contributed by atoms with van der Waals surface area (Å²) in [5.41, 5.74) is 5.05. The number of nitrogens with zero attached hydrogens (tertiary/aromatic N) is 8. The van der Waals surface area contributed by atoms with Crippen LogP contribution in [0.1, 0.15) is 151 Å². The molecule has 7 heterocycles. The van der Waals surface area contributed by atoms with Gasteiger partial charge in [-0.1, -0.05) is 67.2 Å². The number of nitrogens with one attached hydrogen (secondary N) is 3. The quantitative estimate of drug-likeness (QED) is 0.0890. The molecule has 0 radical (unpaired) electrons. The van der Waals surface area contributed by atoms with Gasteiger partial charge >= 0.3 is 37.0 Å². The van der Waals surface area contributed by atoms with Gasteiger partial charge in [0.15, 0.2) is 0 Å². The molecule has 9 aliphatic carbocycles. The third-order valence-corrected chi connectivity index (χ3v) is 22.0. The number of alkyl halides is 3. The summed E-state index contributed by atoms with van der Waals surface area (Å²) in [4.78, 5) is 88.7. The maximum atomic E-state index is 14.1. The van der Waals surface area contributed by atoms with Crippen molar-refractivity contribution in [1.82, 2.24) is 25.1 Å². The van der Waals surface area contributed by atoms with Crippen molar-refractivity contribution in [1.29, 1.82) is 0 Å². The van der Waals surface area contributed by atoms with Gasteiger partial charge in [-0.25, -0.2) is 15.0 Å². The fourth-order valence-corrected chi connectivity index (χ4v) is 16.3. The molecule has 4 aromatic heterocycles. The van der Waals surface area contributed by atoms with Gasteiger partial charge in [0.05, 0.1) is 71.7 Å². The summed E-state index contributed by atoms with van der Waals surface area (Å²) in [7, 11) is 1.46. The fourth-order valence-electron chi connectivity index (χ4n) is 16.3. The first kappa shape index (κ1) is 66.8. The minimum atomic E-state index is -4.64. The van der Waals surface area contributed by atoms with Gasteiger partial charge in [-0.15, -0.1) is 0 Å². The number of carboxylic acids is 1. The van der Waals surface area contributed by atoms with E-state index in [0.29, 0.717) is 96.7 Å². The topological polar surface area (TPSA) is 268 Å². The fraction of sp³-hybridized carbons (Fsp3) is 0.429. The zero-order valence-electron chi connectivity index (χ0n) is 51.9. The Morgan fingerprint density at radius 2 is 0.809 bits per heavy atom. The Morgan fingerprint density at radius 1 is 0.489 bits per heavy atom. The summed E-state index contributed by atoms with van der Waals surface area (Å²) in [6.45, 7) is 1.37. The number of para-hydroxylation sites is 6. The molecule has 6 bridgehead atoms. The van der Waals surface area contributed by atoms with Gasteiger partial charge in [0.25, 0.3) is 5.82 Å². The first-order chi connectivity index (χ1) is 43.9. The number of amides is 3. The Morgan fingerprint density at radius 3 is 1.13 bits per heavy atom. The van der Waals surface area contributed by atoms with Crippen molar-refractivity contribution in [3.63, 3.8) is 0 Å². The van der Waals surface area contributed by atoms with Crippen molar-refractivity contribution in [2.45, 2.75) is 154 Å². The van der Waals surface area contributed by atoms with Crippen molar-refractivity contribution in [2.75, 3.05) is 37.8 Å². The number of benzene rings is 3. The predicted molar refractivity (Wildman–Crippen MR) is 340 cm³/mol. The molecule has 12 aliphatic rings. The molecule has 9 fully saturated rings. The van der Waals surface area contributed by atoms with E-state index in [2.05, 4.69) is 41.0 Å². The predicted octanol–water partition coefficient (Wildman–Crippen LogP) is 11.1. The molecule has 0 spiro atoms. The van der Waals surface area contributed by atoms with Crippen LogP contribution >= 0.6 is 0 Å². The number of pyridine rings is 3. The number of hydrogen-bond donors (Lipinski definition) is 4. The van der Waals surface area contributed by atoms with Crippen LogP contribution in [0.2, 0.25) is 0 Å². The van der Waals surface area contributed by atoms with Gasteiger partial charge in [0.1, 0.15) is 17.5 Å². The minimum Gasteiger partial charge on any atom is -0.870 e. The number of methoxy groups -OCH3 is 1. The van der Waals surface area contributed by atoms with Gasteiger partial charge < -0.3 is 50.5 Å². The third-order valence-electron chi connectivity index (χ3n) is 22.0. The van der Waals surface area contributed by atoms with E-state index in [9.17, 15) is 42.3 Å². The van der Waals surface area contributed by atoms with E-state index in [-0.39, 0.29) is 66.8 Å². The second kappa shape index (κ2) is 25.6. The van der Waals surface area contributed by atoms with E-state index < -0.39 is 45.0 Å². The number of carboxylic acid groups (broad SMARTS) is 1. The minimum absolute atomic E-state index is 0. The maximum absolute atomic E-state index is 14.1. The smallest absolute Gasteiger partial charge is 0.870 e. The molecule has 20 nitrogen and oxygen atoms in total. The molecule has 0 atom stereocenters. The van der Waals surface area contributed by atoms with E-state index in [1.54, 1.807) is 18.6 Å². The van der Waals surface area contributed by atoms with Crippen LogP contribution in [0, 0.1) is 27.1 Å². The Kier molecular flexibility index (Phi) is 18.2. The van der Waals surface area contributed by atoms with E-state index in [1.807, 2.05) is 124 Å². The molecule has 3 amide bonds. The molecule has 3 aliphatic heterocycles. The molecular weight excluding hydrogens is 1200 g/mol. The first-order valence-corrected chi connectivity index (χ1v) is 31.5. The zero-order valence-corrected chi connectivity index (χ0v) is 51.9. The number of rotatable bonds is 6. The van der Waals surface area contributed by atoms with Gasteiger partial charge in [-0.05, 0) is 170 Å². The number of aromatic nitrogens is 5. The number of ether oxygens (including phenoxy) is 1. The van der Waals surface area contributed by atoms with Gasteiger partial charge in [0.2, 0.25) is 23.6 Å². The molecule has 486 valence electrons. The maximum Gasteiger partial charge on any atom is 1.00 e. The van der Waals surface area contributed by atoms with Crippen molar-refractivity contribution in [3.8, 4) is 0 Å². The summed E-state index contributed by atoms with van der Waals surface area (Å²) < 4.78 is 49.1. The number of carbonyl (C=O) groups is 5.